The summed E-state index contributed by atoms with van der Waals surface area (Å²) in [4.78, 5) is 15.6. The second-order valence-electron chi connectivity index (χ2n) is 8.37. The zero-order valence-electron chi connectivity index (χ0n) is 18.9. The number of hydrogen-bond donors (Lipinski definition) is 1. The van der Waals surface area contributed by atoms with Gasteiger partial charge in [0.1, 0.15) is 11.6 Å². The first kappa shape index (κ1) is 21.7. The molecule has 34 heavy (non-hydrogen) atoms. The fraction of sp³-hybridized carbons (Fsp3) is 0.172. The van der Waals surface area contributed by atoms with Gasteiger partial charge in [0, 0.05) is 23.7 Å². The van der Waals surface area contributed by atoms with Crippen LogP contribution in [0, 0.1) is 0 Å². The van der Waals surface area contributed by atoms with E-state index in [1.165, 1.54) is 10.8 Å². The van der Waals surface area contributed by atoms with Crippen LogP contribution in [0.3, 0.4) is 0 Å². The molecule has 0 amide bonds. The van der Waals surface area contributed by atoms with Crippen LogP contribution in [0.25, 0.3) is 38.9 Å². The highest BCUT2D eigenvalue weighted by Crippen LogP contribution is 2.32. The molecule has 0 unspecified atom stereocenters. The minimum absolute atomic E-state index is 0.208. The number of aromatic nitrogens is 2. The molecule has 0 fully saturated rings. The third-order valence-electron chi connectivity index (χ3n) is 5.95. The molecular formula is C29H26N2O3. The van der Waals surface area contributed by atoms with Crippen molar-refractivity contribution in [3.8, 4) is 22.8 Å². The van der Waals surface area contributed by atoms with E-state index in [9.17, 15) is 4.79 Å². The van der Waals surface area contributed by atoms with E-state index in [1.54, 1.807) is 0 Å². The summed E-state index contributed by atoms with van der Waals surface area (Å²) in [5, 5.41) is 11.1. The van der Waals surface area contributed by atoms with Crippen molar-refractivity contribution < 1.29 is 14.6 Å². The number of ether oxygens (including phenoxy) is 1. The Kier molecular flexibility index (Phi) is 6.25. The van der Waals surface area contributed by atoms with Crippen LogP contribution >= 0.6 is 0 Å². The maximum atomic E-state index is 10.7. The van der Waals surface area contributed by atoms with E-state index in [-0.39, 0.29) is 6.42 Å². The number of imidazole rings is 1. The molecule has 0 aliphatic rings. The molecule has 5 heteroatoms. The minimum Gasteiger partial charge on any atom is -0.494 e. The van der Waals surface area contributed by atoms with Gasteiger partial charge in [-0.25, -0.2) is 4.98 Å². The van der Waals surface area contributed by atoms with Crippen molar-refractivity contribution in [3.63, 3.8) is 0 Å². The maximum Gasteiger partial charge on any atom is 0.303 e. The van der Waals surface area contributed by atoms with Crippen LogP contribution in [0.2, 0.25) is 0 Å². The first-order chi connectivity index (χ1) is 16.7. The van der Waals surface area contributed by atoms with Gasteiger partial charge in [-0.3, -0.25) is 9.36 Å². The molecule has 0 radical (unpaired) electrons. The van der Waals surface area contributed by atoms with Crippen molar-refractivity contribution in [1.29, 1.82) is 0 Å². The van der Waals surface area contributed by atoms with Gasteiger partial charge >= 0.3 is 5.97 Å². The highest BCUT2D eigenvalue weighted by molar-refractivity contribution is 5.88. The predicted molar refractivity (Wildman–Crippen MR) is 136 cm³/mol. The summed E-state index contributed by atoms with van der Waals surface area (Å²) in [6.07, 6.45) is 2.54. The number of carboxylic acids is 1. The molecule has 170 valence electrons. The van der Waals surface area contributed by atoms with Crippen molar-refractivity contribution in [2.24, 2.45) is 0 Å². The van der Waals surface area contributed by atoms with Crippen molar-refractivity contribution in [2.75, 3.05) is 6.61 Å². The molecule has 0 atom stereocenters. The van der Waals surface area contributed by atoms with E-state index >= 15 is 0 Å². The quantitative estimate of drug-likeness (QED) is 0.249. The lowest BCUT2D eigenvalue weighted by Crippen LogP contribution is -2.00. The molecule has 0 saturated carbocycles. The standard InChI is InChI=1S/C29H26N2O3/c32-28(33)13-5-2-8-18-34-25-16-17-26-27(20-25)31(29(30-26)22-10-3-1-4-11-22)24-15-14-21-9-6-7-12-23(21)19-24/h1,3-4,6-7,9-12,14-17,19-20H,2,5,8,13,18H2,(H,32,33). The molecule has 0 saturated heterocycles. The molecule has 4 aromatic carbocycles. The molecule has 1 heterocycles. The number of rotatable bonds is 9. The number of nitrogens with zero attached hydrogens (tertiary/aromatic N) is 2. The van der Waals surface area contributed by atoms with Gasteiger partial charge in [-0.05, 0) is 54.3 Å². The third-order valence-corrected chi connectivity index (χ3v) is 5.95. The second kappa shape index (κ2) is 9.79. The summed E-state index contributed by atoms with van der Waals surface area (Å²) in [6.45, 7) is 0.556. The number of aliphatic carboxylic acids is 1. The third kappa shape index (κ3) is 4.64. The Bertz CT molecular complexity index is 1440. The van der Waals surface area contributed by atoms with Crippen LogP contribution < -0.4 is 4.74 Å². The summed E-state index contributed by atoms with van der Waals surface area (Å²) >= 11 is 0. The number of carbonyl (C=O) groups is 1. The largest absolute Gasteiger partial charge is 0.494 e. The van der Waals surface area contributed by atoms with Gasteiger partial charge in [0.15, 0.2) is 0 Å². The lowest BCUT2D eigenvalue weighted by atomic mass is 10.1. The van der Waals surface area contributed by atoms with Crippen molar-refractivity contribution in [2.45, 2.75) is 25.7 Å². The van der Waals surface area contributed by atoms with Gasteiger partial charge in [0.2, 0.25) is 0 Å². The number of hydrogen-bond acceptors (Lipinski definition) is 3. The minimum atomic E-state index is -0.748. The fourth-order valence-corrected chi connectivity index (χ4v) is 4.25. The zero-order valence-corrected chi connectivity index (χ0v) is 18.9. The molecule has 1 aromatic heterocycles. The molecule has 0 spiro atoms. The van der Waals surface area contributed by atoms with Gasteiger partial charge in [-0.1, -0.05) is 60.7 Å². The van der Waals surface area contributed by atoms with E-state index in [4.69, 9.17) is 14.8 Å². The number of unbranched alkanes of at least 4 members (excludes halogenated alkanes) is 2. The molecule has 1 N–H and O–H groups in total. The maximum absolute atomic E-state index is 10.7. The van der Waals surface area contributed by atoms with Crippen LogP contribution in [-0.2, 0) is 4.79 Å². The summed E-state index contributed by atoms with van der Waals surface area (Å²) in [6, 6.07) is 31.0. The van der Waals surface area contributed by atoms with Crippen LogP contribution in [0.4, 0.5) is 0 Å². The Balaban J connectivity index is 1.51. The Labute approximate surface area is 198 Å². The van der Waals surface area contributed by atoms with E-state index in [1.807, 2.05) is 36.4 Å². The zero-order chi connectivity index (χ0) is 23.3. The molecule has 0 bridgehead atoms. The van der Waals surface area contributed by atoms with E-state index in [0.29, 0.717) is 13.0 Å². The number of fused-ring (bicyclic) bond motifs is 2. The number of benzene rings is 4. The molecule has 5 aromatic rings. The van der Waals surface area contributed by atoms with E-state index in [0.717, 1.165) is 46.7 Å². The lowest BCUT2D eigenvalue weighted by molar-refractivity contribution is -0.137. The van der Waals surface area contributed by atoms with Crippen LogP contribution in [0.1, 0.15) is 25.7 Å². The summed E-state index contributed by atoms with van der Waals surface area (Å²) in [7, 11) is 0. The van der Waals surface area contributed by atoms with Gasteiger partial charge in [-0.2, -0.15) is 0 Å². The first-order valence-corrected chi connectivity index (χ1v) is 11.6. The predicted octanol–water partition coefficient (Wildman–Crippen LogP) is 6.87. The monoisotopic (exact) mass is 450 g/mol. The van der Waals surface area contributed by atoms with Gasteiger partial charge < -0.3 is 9.84 Å². The van der Waals surface area contributed by atoms with Crippen molar-refractivity contribution >= 4 is 27.8 Å². The molecule has 0 aliphatic carbocycles. The van der Waals surface area contributed by atoms with Crippen molar-refractivity contribution in [1.82, 2.24) is 9.55 Å². The summed E-state index contributed by atoms with van der Waals surface area (Å²) in [5.74, 6) is 0.923. The Hall–Kier alpha value is -4.12. The normalized spacial score (nSPS) is 11.2. The van der Waals surface area contributed by atoms with Crippen molar-refractivity contribution in [3.05, 3.63) is 91.0 Å². The van der Waals surface area contributed by atoms with Gasteiger partial charge in [-0.15, -0.1) is 0 Å². The lowest BCUT2D eigenvalue weighted by Gasteiger charge is -2.12. The molecule has 5 rings (SSSR count). The topological polar surface area (TPSA) is 64.3 Å². The highest BCUT2D eigenvalue weighted by atomic mass is 16.5. The SMILES string of the molecule is O=C(O)CCCCCOc1ccc2nc(-c3ccccc3)n(-c3ccc4ccccc4c3)c2c1. The van der Waals surface area contributed by atoms with Crippen LogP contribution in [0.5, 0.6) is 5.75 Å². The van der Waals surface area contributed by atoms with Gasteiger partial charge in [0.25, 0.3) is 0 Å². The summed E-state index contributed by atoms with van der Waals surface area (Å²) in [5.41, 5.74) is 3.98. The fourth-order valence-electron chi connectivity index (χ4n) is 4.25. The molecule has 0 aliphatic heterocycles. The molecule has 5 nitrogen and oxygen atoms in total. The second-order valence-corrected chi connectivity index (χ2v) is 8.37. The Morgan fingerprint density at radius 1 is 0.824 bits per heavy atom. The van der Waals surface area contributed by atoms with Crippen LogP contribution in [-0.4, -0.2) is 27.2 Å². The summed E-state index contributed by atoms with van der Waals surface area (Å²) < 4.78 is 8.20. The average molecular weight is 451 g/mol. The Morgan fingerprint density at radius 3 is 2.44 bits per heavy atom. The van der Waals surface area contributed by atoms with Gasteiger partial charge in [0.05, 0.1) is 17.6 Å². The average Bonchev–Trinajstić information content (AvgIpc) is 3.25. The van der Waals surface area contributed by atoms with Crippen LogP contribution in [0.15, 0.2) is 91.0 Å². The van der Waals surface area contributed by atoms with E-state index < -0.39 is 5.97 Å². The first-order valence-electron chi connectivity index (χ1n) is 11.6. The highest BCUT2D eigenvalue weighted by Gasteiger charge is 2.15. The number of carboxylic acid groups (broad SMARTS) is 1. The molecular weight excluding hydrogens is 424 g/mol. The Morgan fingerprint density at radius 2 is 1.62 bits per heavy atom. The smallest absolute Gasteiger partial charge is 0.303 e. The van der Waals surface area contributed by atoms with E-state index in [2.05, 4.69) is 59.2 Å².